The molecule has 5 heteroatoms. The summed E-state index contributed by atoms with van der Waals surface area (Å²) >= 11 is 1.53. The van der Waals surface area contributed by atoms with E-state index in [2.05, 4.69) is 39.1 Å². The summed E-state index contributed by atoms with van der Waals surface area (Å²) in [6, 6.07) is 14.3. The number of rotatable bonds is 2. The number of benzene rings is 1. The molecule has 3 rings (SSSR count). The van der Waals surface area contributed by atoms with Crippen molar-refractivity contribution in [2.45, 2.75) is 17.9 Å². The van der Waals surface area contributed by atoms with E-state index in [9.17, 15) is 0 Å². The highest BCUT2D eigenvalue weighted by Gasteiger charge is 2.15. The van der Waals surface area contributed by atoms with Gasteiger partial charge in [-0.15, -0.1) is 0 Å². The van der Waals surface area contributed by atoms with Crippen LogP contribution in [-0.2, 0) is 0 Å². The van der Waals surface area contributed by atoms with Crippen molar-refractivity contribution >= 4 is 23.7 Å². The van der Waals surface area contributed by atoms with Gasteiger partial charge in [0.15, 0.2) is 0 Å². The lowest BCUT2D eigenvalue weighted by atomic mass is 10.1. The van der Waals surface area contributed by atoms with Gasteiger partial charge in [0.05, 0.1) is 10.9 Å². The summed E-state index contributed by atoms with van der Waals surface area (Å²) < 4.78 is 3.19. The SMILES string of the molecule is CC(N=C1NSc2cccnc2N1)c1ccccc1. The third-order valence-electron chi connectivity index (χ3n) is 2.87. The first-order chi connectivity index (χ1) is 9.33. The largest absolute Gasteiger partial charge is 0.309 e. The van der Waals surface area contributed by atoms with Crippen LogP contribution in [0.25, 0.3) is 0 Å². The molecule has 0 bridgehead atoms. The van der Waals surface area contributed by atoms with E-state index in [0.717, 1.165) is 16.7 Å². The minimum atomic E-state index is 0.0991. The van der Waals surface area contributed by atoms with Crippen LogP contribution in [0.2, 0.25) is 0 Å². The van der Waals surface area contributed by atoms with Gasteiger partial charge in [-0.25, -0.2) is 9.98 Å². The molecule has 1 aromatic carbocycles. The molecule has 0 spiro atoms. The fraction of sp³-hybridized carbons (Fsp3) is 0.143. The summed E-state index contributed by atoms with van der Waals surface area (Å²) in [5.74, 6) is 1.60. The fourth-order valence-corrected chi connectivity index (χ4v) is 2.52. The number of guanidine groups is 1. The van der Waals surface area contributed by atoms with Gasteiger partial charge in [-0.05, 0) is 36.6 Å². The molecule has 0 amide bonds. The van der Waals surface area contributed by atoms with E-state index in [4.69, 9.17) is 0 Å². The van der Waals surface area contributed by atoms with Gasteiger partial charge in [-0.2, -0.15) is 0 Å². The highest BCUT2D eigenvalue weighted by atomic mass is 32.2. The van der Waals surface area contributed by atoms with Crippen LogP contribution in [0.4, 0.5) is 5.82 Å². The zero-order valence-corrected chi connectivity index (χ0v) is 11.3. The molecule has 2 N–H and O–H groups in total. The minimum absolute atomic E-state index is 0.0991. The summed E-state index contributed by atoms with van der Waals surface area (Å²) in [4.78, 5) is 10.0. The maximum atomic E-state index is 4.64. The molecule has 96 valence electrons. The van der Waals surface area contributed by atoms with Crippen LogP contribution in [-0.4, -0.2) is 10.9 Å². The van der Waals surface area contributed by atoms with Crippen LogP contribution in [0.15, 0.2) is 58.5 Å². The third kappa shape index (κ3) is 2.71. The van der Waals surface area contributed by atoms with Gasteiger partial charge >= 0.3 is 0 Å². The average Bonchev–Trinajstić information content (AvgIpc) is 2.48. The lowest BCUT2D eigenvalue weighted by Crippen LogP contribution is -2.30. The molecule has 0 aliphatic carbocycles. The smallest absolute Gasteiger partial charge is 0.208 e. The molecule has 0 radical (unpaired) electrons. The summed E-state index contributed by atoms with van der Waals surface area (Å²) in [6.45, 7) is 2.07. The number of hydrogen-bond acceptors (Lipinski definition) is 3. The standard InChI is InChI=1S/C14H14N4S/c1-10(11-6-3-2-4-7-11)16-14-17-13-12(19-18-14)8-5-9-15-13/h2-10H,1H3,(H2,15,16,17,18). The number of nitrogens with zero attached hydrogens (tertiary/aromatic N) is 2. The number of hydrogen-bond donors (Lipinski definition) is 2. The number of fused-ring (bicyclic) bond motifs is 1. The van der Waals surface area contributed by atoms with Crippen molar-refractivity contribution in [2.24, 2.45) is 4.99 Å². The molecule has 2 aromatic rings. The fourth-order valence-electron chi connectivity index (χ4n) is 1.87. The number of aliphatic imine (C=N–C) groups is 1. The number of anilines is 1. The molecule has 0 saturated carbocycles. The minimum Gasteiger partial charge on any atom is -0.309 e. The van der Waals surface area contributed by atoms with Crippen LogP contribution in [0, 0.1) is 0 Å². The molecule has 0 fully saturated rings. The van der Waals surface area contributed by atoms with Gasteiger partial charge in [0.2, 0.25) is 5.96 Å². The highest BCUT2D eigenvalue weighted by molar-refractivity contribution is 7.98. The molecule has 1 aliphatic heterocycles. The lowest BCUT2D eigenvalue weighted by molar-refractivity contribution is 0.814. The van der Waals surface area contributed by atoms with E-state index in [-0.39, 0.29) is 6.04 Å². The van der Waals surface area contributed by atoms with Crippen LogP contribution in [0.1, 0.15) is 18.5 Å². The molecule has 1 atom stereocenters. The van der Waals surface area contributed by atoms with Crippen molar-refractivity contribution < 1.29 is 0 Å². The Hall–Kier alpha value is -2.01. The highest BCUT2D eigenvalue weighted by Crippen LogP contribution is 2.26. The average molecular weight is 270 g/mol. The molecule has 2 heterocycles. The van der Waals surface area contributed by atoms with Gasteiger partial charge in [-0.1, -0.05) is 30.3 Å². The number of pyridine rings is 1. The Labute approximate surface area is 116 Å². The summed E-state index contributed by atoms with van der Waals surface area (Å²) in [7, 11) is 0. The molecular formula is C14H14N4S. The van der Waals surface area contributed by atoms with E-state index in [1.807, 2.05) is 30.3 Å². The Morgan fingerprint density at radius 2 is 2.00 bits per heavy atom. The molecule has 1 aliphatic rings. The first kappa shape index (κ1) is 12.0. The second-order valence-electron chi connectivity index (χ2n) is 4.24. The summed E-state index contributed by atoms with van der Waals surface area (Å²) in [5, 5.41) is 3.20. The van der Waals surface area contributed by atoms with Gasteiger partial charge in [-0.3, -0.25) is 4.72 Å². The van der Waals surface area contributed by atoms with Crippen LogP contribution < -0.4 is 10.0 Å². The molecular weight excluding hydrogens is 256 g/mol. The van der Waals surface area contributed by atoms with Crippen molar-refractivity contribution in [3.05, 3.63) is 54.2 Å². The Morgan fingerprint density at radius 1 is 1.16 bits per heavy atom. The second-order valence-corrected chi connectivity index (χ2v) is 5.09. The molecule has 4 nitrogen and oxygen atoms in total. The summed E-state index contributed by atoms with van der Waals surface area (Å²) in [5.41, 5.74) is 1.19. The zero-order chi connectivity index (χ0) is 13.1. The van der Waals surface area contributed by atoms with Crippen LogP contribution in [0.5, 0.6) is 0 Å². The van der Waals surface area contributed by atoms with E-state index < -0.39 is 0 Å². The lowest BCUT2D eigenvalue weighted by Gasteiger charge is -2.20. The zero-order valence-electron chi connectivity index (χ0n) is 10.5. The van der Waals surface area contributed by atoms with Crippen molar-refractivity contribution in [1.82, 2.24) is 9.71 Å². The van der Waals surface area contributed by atoms with Gasteiger partial charge in [0.25, 0.3) is 0 Å². The predicted octanol–water partition coefficient (Wildman–Crippen LogP) is 3.22. The Kier molecular flexibility index (Phi) is 3.37. The molecule has 1 unspecified atom stereocenters. The molecule has 0 saturated heterocycles. The van der Waals surface area contributed by atoms with E-state index in [0.29, 0.717) is 0 Å². The Morgan fingerprint density at radius 3 is 2.84 bits per heavy atom. The topological polar surface area (TPSA) is 49.3 Å². The maximum absolute atomic E-state index is 4.64. The molecule has 19 heavy (non-hydrogen) atoms. The Balaban J connectivity index is 1.79. The third-order valence-corrected chi connectivity index (χ3v) is 3.71. The van der Waals surface area contributed by atoms with Crippen molar-refractivity contribution in [3.63, 3.8) is 0 Å². The first-order valence-electron chi connectivity index (χ1n) is 6.10. The van der Waals surface area contributed by atoms with Gasteiger partial charge in [0, 0.05) is 6.20 Å². The first-order valence-corrected chi connectivity index (χ1v) is 6.92. The van der Waals surface area contributed by atoms with Crippen molar-refractivity contribution in [2.75, 3.05) is 5.32 Å². The van der Waals surface area contributed by atoms with Gasteiger partial charge in [0.1, 0.15) is 5.82 Å². The maximum Gasteiger partial charge on any atom is 0.208 e. The van der Waals surface area contributed by atoms with Crippen LogP contribution in [0.3, 0.4) is 0 Å². The molecule has 1 aromatic heterocycles. The number of aromatic nitrogens is 1. The quantitative estimate of drug-likeness (QED) is 0.823. The predicted molar refractivity (Wildman–Crippen MR) is 79.1 cm³/mol. The van der Waals surface area contributed by atoms with Crippen molar-refractivity contribution in [3.8, 4) is 0 Å². The summed E-state index contributed by atoms with van der Waals surface area (Å²) in [6.07, 6.45) is 1.77. The van der Waals surface area contributed by atoms with E-state index in [1.54, 1.807) is 6.20 Å². The second kappa shape index (κ2) is 5.32. The van der Waals surface area contributed by atoms with Crippen LogP contribution >= 0.6 is 11.9 Å². The van der Waals surface area contributed by atoms with E-state index >= 15 is 0 Å². The Bertz CT molecular complexity index is 597. The van der Waals surface area contributed by atoms with Gasteiger partial charge < -0.3 is 5.32 Å². The number of nitrogens with one attached hydrogen (secondary N) is 2. The van der Waals surface area contributed by atoms with Crippen molar-refractivity contribution in [1.29, 1.82) is 0 Å². The van der Waals surface area contributed by atoms with E-state index in [1.165, 1.54) is 17.5 Å². The monoisotopic (exact) mass is 270 g/mol. The normalized spacial score (nSPS) is 17.2.